The molecule has 0 atom stereocenters. The number of hydrogen-bond acceptors (Lipinski definition) is 4. The summed E-state index contributed by atoms with van der Waals surface area (Å²) in [4.78, 5) is 12.4. The van der Waals surface area contributed by atoms with Crippen molar-refractivity contribution in [2.45, 2.75) is 70.6 Å². The van der Waals surface area contributed by atoms with Gasteiger partial charge in [-0.2, -0.15) is 0 Å². The third-order valence-electron chi connectivity index (χ3n) is 4.84. The lowest BCUT2D eigenvalue weighted by molar-refractivity contribution is -0.119. The summed E-state index contributed by atoms with van der Waals surface area (Å²) in [6, 6.07) is 8.67. The number of carbonyl (C=O) groups excluding carboxylic acids is 1. The van der Waals surface area contributed by atoms with Gasteiger partial charge in [-0.3, -0.25) is 4.79 Å². The first kappa shape index (κ1) is 19.9. The fraction of sp³-hybridized carbons (Fsp3) is 0.571. The smallest absolute Gasteiger partial charge is 0.230 e. The lowest BCUT2D eigenvalue weighted by Gasteiger charge is -2.22. The first-order chi connectivity index (χ1) is 13.0. The molecule has 1 aliphatic carbocycles. The first-order valence-corrected chi connectivity index (χ1v) is 10.9. The van der Waals surface area contributed by atoms with Crippen LogP contribution in [0.2, 0.25) is 0 Å². The molecule has 1 N–H and O–H groups in total. The molecule has 0 aliphatic heterocycles. The molecular formula is C21H30N4OS. The van der Waals surface area contributed by atoms with Crippen LogP contribution in [0.4, 0.5) is 0 Å². The zero-order valence-electron chi connectivity index (χ0n) is 16.6. The van der Waals surface area contributed by atoms with Gasteiger partial charge in [0.05, 0.1) is 5.75 Å². The molecule has 1 saturated carbocycles. The summed E-state index contributed by atoms with van der Waals surface area (Å²) in [5, 5.41) is 12.8. The molecule has 27 heavy (non-hydrogen) atoms. The van der Waals surface area contributed by atoms with E-state index < -0.39 is 0 Å². The van der Waals surface area contributed by atoms with Gasteiger partial charge >= 0.3 is 0 Å². The molecule has 1 heterocycles. The maximum Gasteiger partial charge on any atom is 0.230 e. The van der Waals surface area contributed by atoms with Crippen LogP contribution in [0.1, 0.15) is 51.5 Å². The molecule has 0 unspecified atom stereocenters. The largest absolute Gasteiger partial charge is 0.353 e. The number of nitrogens with zero attached hydrogens (tertiary/aromatic N) is 3. The molecule has 0 radical (unpaired) electrons. The Morgan fingerprint density at radius 3 is 2.74 bits per heavy atom. The minimum atomic E-state index is 0.100. The number of nitrogens with one attached hydrogen (secondary N) is 1. The Morgan fingerprint density at radius 2 is 2.04 bits per heavy atom. The summed E-state index contributed by atoms with van der Waals surface area (Å²) in [5.41, 5.74) is 2.27. The van der Waals surface area contributed by atoms with Gasteiger partial charge in [-0.1, -0.05) is 68.6 Å². The molecule has 0 spiro atoms. The van der Waals surface area contributed by atoms with Gasteiger partial charge in [0, 0.05) is 18.2 Å². The van der Waals surface area contributed by atoms with Gasteiger partial charge in [0.1, 0.15) is 0 Å². The molecule has 146 valence electrons. The second-order valence-electron chi connectivity index (χ2n) is 7.87. The lowest BCUT2D eigenvalue weighted by Crippen LogP contribution is -2.37. The Balaban J connectivity index is 1.70. The normalized spacial score (nSPS) is 15.3. The summed E-state index contributed by atoms with van der Waals surface area (Å²) < 4.78 is 2.15. The zero-order valence-corrected chi connectivity index (χ0v) is 17.4. The van der Waals surface area contributed by atoms with Crippen molar-refractivity contribution in [2.75, 3.05) is 5.75 Å². The van der Waals surface area contributed by atoms with E-state index in [9.17, 15) is 4.79 Å². The van der Waals surface area contributed by atoms with E-state index in [4.69, 9.17) is 0 Å². The fourth-order valence-electron chi connectivity index (χ4n) is 3.57. The monoisotopic (exact) mass is 386 g/mol. The quantitative estimate of drug-likeness (QED) is 0.714. The van der Waals surface area contributed by atoms with E-state index in [-0.39, 0.29) is 5.91 Å². The molecule has 0 saturated heterocycles. The van der Waals surface area contributed by atoms with Crippen LogP contribution < -0.4 is 5.32 Å². The minimum Gasteiger partial charge on any atom is -0.353 e. The molecule has 2 aromatic rings. The Hall–Kier alpha value is -1.82. The highest BCUT2D eigenvalue weighted by Gasteiger charge is 2.19. The van der Waals surface area contributed by atoms with Crippen LogP contribution in [-0.2, 0) is 11.3 Å². The predicted octanol–water partition coefficient (Wildman–Crippen LogP) is 4.45. The maximum atomic E-state index is 12.4. The topological polar surface area (TPSA) is 59.8 Å². The number of amides is 1. The van der Waals surface area contributed by atoms with Gasteiger partial charge < -0.3 is 9.88 Å². The van der Waals surface area contributed by atoms with Gasteiger partial charge in [-0.25, -0.2) is 0 Å². The Labute approximate surface area is 166 Å². The number of carbonyl (C=O) groups is 1. The Kier molecular flexibility index (Phi) is 6.94. The van der Waals surface area contributed by atoms with Crippen LogP contribution in [0.3, 0.4) is 0 Å². The summed E-state index contributed by atoms with van der Waals surface area (Å²) in [6.45, 7) is 7.29. The van der Waals surface area contributed by atoms with Gasteiger partial charge in [-0.15, -0.1) is 10.2 Å². The molecular weight excluding hydrogens is 356 g/mol. The highest BCUT2D eigenvalue weighted by Crippen LogP contribution is 2.26. The van der Waals surface area contributed by atoms with Crippen LogP contribution >= 0.6 is 11.8 Å². The van der Waals surface area contributed by atoms with E-state index in [1.54, 1.807) is 0 Å². The van der Waals surface area contributed by atoms with Crippen molar-refractivity contribution in [3.63, 3.8) is 0 Å². The van der Waals surface area contributed by atoms with Crippen molar-refractivity contribution in [1.29, 1.82) is 0 Å². The molecule has 1 aromatic carbocycles. The summed E-state index contributed by atoms with van der Waals surface area (Å²) in [5.74, 6) is 1.84. The molecule has 6 heteroatoms. The predicted molar refractivity (Wildman–Crippen MR) is 111 cm³/mol. The van der Waals surface area contributed by atoms with Gasteiger partial charge in [0.25, 0.3) is 0 Å². The lowest BCUT2D eigenvalue weighted by atomic mass is 9.95. The number of aromatic nitrogens is 3. The molecule has 1 fully saturated rings. The minimum absolute atomic E-state index is 0.100. The Bertz CT molecular complexity index is 765. The van der Waals surface area contributed by atoms with Crippen LogP contribution in [0.25, 0.3) is 11.4 Å². The van der Waals surface area contributed by atoms with Crippen LogP contribution in [0, 0.1) is 12.8 Å². The van der Waals surface area contributed by atoms with E-state index in [2.05, 4.69) is 59.1 Å². The van der Waals surface area contributed by atoms with Gasteiger partial charge in [0.15, 0.2) is 11.0 Å². The average Bonchev–Trinajstić information content (AvgIpc) is 3.03. The second kappa shape index (κ2) is 9.40. The molecule has 5 nitrogen and oxygen atoms in total. The van der Waals surface area contributed by atoms with E-state index in [1.807, 2.05) is 6.07 Å². The van der Waals surface area contributed by atoms with Crippen LogP contribution in [0.5, 0.6) is 0 Å². The fourth-order valence-corrected chi connectivity index (χ4v) is 4.33. The number of benzene rings is 1. The Morgan fingerprint density at radius 1 is 1.26 bits per heavy atom. The van der Waals surface area contributed by atoms with Crippen molar-refractivity contribution < 1.29 is 4.79 Å². The van der Waals surface area contributed by atoms with E-state index in [1.165, 1.54) is 36.6 Å². The van der Waals surface area contributed by atoms with Crippen molar-refractivity contribution in [3.8, 4) is 11.4 Å². The summed E-state index contributed by atoms with van der Waals surface area (Å²) in [7, 11) is 0. The summed E-state index contributed by atoms with van der Waals surface area (Å²) in [6.07, 6.45) is 5.96. The van der Waals surface area contributed by atoms with Crippen LogP contribution in [-0.4, -0.2) is 32.5 Å². The molecule has 1 aliphatic rings. The number of hydrogen-bond donors (Lipinski definition) is 1. The maximum absolute atomic E-state index is 12.4. The van der Waals surface area contributed by atoms with Crippen LogP contribution in [0.15, 0.2) is 29.4 Å². The van der Waals surface area contributed by atoms with E-state index in [0.29, 0.717) is 17.7 Å². The molecule has 0 bridgehead atoms. The highest BCUT2D eigenvalue weighted by atomic mass is 32.2. The van der Waals surface area contributed by atoms with Crippen molar-refractivity contribution in [1.82, 2.24) is 20.1 Å². The van der Waals surface area contributed by atoms with Crippen molar-refractivity contribution >= 4 is 17.7 Å². The number of rotatable bonds is 7. The highest BCUT2D eigenvalue weighted by molar-refractivity contribution is 7.99. The summed E-state index contributed by atoms with van der Waals surface area (Å²) >= 11 is 1.48. The van der Waals surface area contributed by atoms with Gasteiger partial charge in [-0.05, 0) is 31.7 Å². The first-order valence-electron chi connectivity index (χ1n) is 9.95. The van der Waals surface area contributed by atoms with Crippen molar-refractivity contribution in [3.05, 3.63) is 29.8 Å². The SMILES string of the molecule is Cc1cccc(-c2nnc(SCC(=O)NC3CCCCC3)n2CC(C)C)c1. The zero-order chi connectivity index (χ0) is 19.2. The van der Waals surface area contributed by atoms with E-state index >= 15 is 0 Å². The molecule has 3 rings (SSSR count). The number of thioether (sulfide) groups is 1. The van der Waals surface area contributed by atoms with Gasteiger partial charge in [0.2, 0.25) is 5.91 Å². The number of aryl methyl sites for hydroxylation is 1. The molecule has 1 amide bonds. The third kappa shape index (κ3) is 5.58. The molecule has 1 aromatic heterocycles. The third-order valence-corrected chi connectivity index (χ3v) is 5.81. The standard InChI is InChI=1S/C21H30N4OS/c1-15(2)13-25-20(17-9-7-8-16(3)12-17)23-24-21(25)27-14-19(26)22-18-10-5-4-6-11-18/h7-9,12,15,18H,4-6,10-11,13-14H2,1-3H3,(H,22,26). The van der Waals surface area contributed by atoms with Crippen molar-refractivity contribution in [2.24, 2.45) is 5.92 Å². The average molecular weight is 387 g/mol. The second-order valence-corrected chi connectivity index (χ2v) is 8.81. The van der Waals surface area contributed by atoms with E-state index in [0.717, 1.165) is 35.9 Å².